The molecule has 0 aliphatic carbocycles. The van der Waals surface area contributed by atoms with E-state index in [1.807, 2.05) is 19.1 Å². The second-order valence-electron chi connectivity index (χ2n) is 3.53. The summed E-state index contributed by atoms with van der Waals surface area (Å²) in [6, 6.07) is 3.72. The van der Waals surface area contributed by atoms with Crippen molar-refractivity contribution in [2.24, 2.45) is 0 Å². The summed E-state index contributed by atoms with van der Waals surface area (Å²) < 4.78 is 0. The number of carbonyl (C=O) groups is 1. The number of aryl methyl sites for hydroxylation is 1. The minimum absolute atomic E-state index is 0.282. The summed E-state index contributed by atoms with van der Waals surface area (Å²) in [7, 11) is 0. The van der Waals surface area contributed by atoms with E-state index in [-0.39, 0.29) is 5.91 Å². The summed E-state index contributed by atoms with van der Waals surface area (Å²) in [5, 5.41) is 9.55. The predicted molar refractivity (Wildman–Crippen MR) is 62.6 cm³/mol. The third-order valence-corrected chi connectivity index (χ3v) is 2.36. The Morgan fingerprint density at radius 2 is 2.31 bits per heavy atom. The van der Waals surface area contributed by atoms with Crippen molar-refractivity contribution in [1.82, 2.24) is 15.2 Å². The first-order valence-electron chi connectivity index (χ1n) is 4.84. The number of amides is 1. The van der Waals surface area contributed by atoms with Gasteiger partial charge in [0, 0.05) is 5.69 Å². The van der Waals surface area contributed by atoms with Gasteiger partial charge in [0.1, 0.15) is 5.38 Å². The van der Waals surface area contributed by atoms with Gasteiger partial charge >= 0.3 is 0 Å². The fourth-order valence-corrected chi connectivity index (χ4v) is 1.37. The van der Waals surface area contributed by atoms with E-state index < -0.39 is 5.38 Å². The summed E-state index contributed by atoms with van der Waals surface area (Å²) in [5.74, 6) is 0.177. The largest absolute Gasteiger partial charge is 0.307 e. The van der Waals surface area contributed by atoms with E-state index in [0.29, 0.717) is 11.5 Å². The molecule has 0 saturated heterocycles. The van der Waals surface area contributed by atoms with Crippen LogP contribution in [0, 0.1) is 6.92 Å². The Morgan fingerprint density at radius 1 is 1.56 bits per heavy atom. The normalized spacial score (nSPS) is 12.7. The monoisotopic (exact) mass is 238 g/mol. The topological polar surface area (TPSA) is 70.7 Å². The fraction of sp³-hybridized carbons (Fsp3) is 0.300. The van der Waals surface area contributed by atoms with Gasteiger partial charge in [-0.2, -0.15) is 5.10 Å². The number of carbonyl (C=O) groups excluding carboxylic acids is 1. The smallest absolute Gasteiger partial charge is 0.243 e. The van der Waals surface area contributed by atoms with Crippen LogP contribution in [0.1, 0.15) is 12.6 Å². The Balaban J connectivity index is 2.35. The highest BCUT2D eigenvalue weighted by Crippen LogP contribution is 2.19. The maximum atomic E-state index is 11.4. The molecule has 1 amide bonds. The first-order valence-corrected chi connectivity index (χ1v) is 5.28. The van der Waals surface area contributed by atoms with Crippen LogP contribution in [0.4, 0.5) is 5.82 Å². The molecule has 16 heavy (non-hydrogen) atoms. The lowest BCUT2D eigenvalue weighted by atomic mass is 10.3. The highest BCUT2D eigenvalue weighted by molar-refractivity contribution is 6.32. The lowest BCUT2D eigenvalue weighted by Gasteiger charge is -2.03. The Labute approximate surface area is 97.2 Å². The van der Waals surface area contributed by atoms with Gasteiger partial charge in [0.2, 0.25) is 5.91 Å². The molecule has 6 heteroatoms. The van der Waals surface area contributed by atoms with Gasteiger partial charge in [0.25, 0.3) is 0 Å². The van der Waals surface area contributed by atoms with Crippen LogP contribution in [0.5, 0.6) is 0 Å². The van der Waals surface area contributed by atoms with Crippen LogP contribution in [0.3, 0.4) is 0 Å². The van der Waals surface area contributed by atoms with Gasteiger partial charge in [-0.05, 0) is 26.0 Å². The third-order valence-electron chi connectivity index (χ3n) is 2.17. The highest BCUT2D eigenvalue weighted by atomic mass is 35.5. The highest BCUT2D eigenvalue weighted by Gasteiger charge is 2.13. The number of rotatable bonds is 2. The number of fused-ring (bicyclic) bond motifs is 1. The predicted octanol–water partition coefficient (Wildman–Crippen LogP) is 1.83. The van der Waals surface area contributed by atoms with Crippen molar-refractivity contribution in [3.05, 3.63) is 17.8 Å². The number of H-pyrrole nitrogens is 1. The van der Waals surface area contributed by atoms with Gasteiger partial charge in [-0.15, -0.1) is 11.6 Å². The Kier molecular flexibility index (Phi) is 2.78. The van der Waals surface area contributed by atoms with E-state index in [0.717, 1.165) is 11.1 Å². The molecular weight excluding hydrogens is 228 g/mol. The molecule has 0 fully saturated rings. The minimum atomic E-state index is -0.592. The van der Waals surface area contributed by atoms with Crippen molar-refractivity contribution in [3.63, 3.8) is 0 Å². The second-order valence-corrected chi connectivity index (χ2v) is 4.18. The van der Waals surface area contributed by atoms with Gasteiger partial charge in [0.15, 0.2) is 11.5 Å². The zero-order chi connectivity index (χ0) is 11.7. The van der Waals surface area contributed by atoms with Gasteiger partial charge < -0.3 is 5.32 Å². The summed E-state index contributed by atoms with van der Waals surface area (Å²) >= 11 is 5.66. The van der Waals surface area contributed by atoms with E-state index in [1.165, 1.54) is 0 Å². The number of alkyl halides is 1. The van der Waals surface area contributed by atoms with Crippen molar-refractivity contribution >= 4 is 34.4 Å². The van der Waals surface area contributed by atoms with E-state index >= 15 is 0 Å². The number of aromatic amines is 1. The average molecular weight is 239 g/mol. The van der Waals surface area contributed by atoms with Crippen molar-refractivity contribution in [1.29, 1.82) is 0 Å². The number of nitrogens with one attached hydrogen (secondary N) is 2. The Morgan fingerprint density at radius 3 is 3.00 bits per heavy atom. The molecule has 0 aliphatic rings. The van der Waals surface area contributed by atoms with Gasteiger partial charge in [-0.3, -0.25) is 9.89 Å². The van der Waals surface area contributed by atoms with Crippen LogP contribution >= 0.6 is 11.6 Å². The second kappa shape index (κ2) is 4.09. The summed E-state index contributed by atoms with van der Waals surface area (Å²) in [4.78, 5) is 15.6. The maximum Gasteiger partial charge on any atom is 0.243 e. The quantitative estimate of drug-likeness (QED) is 0.785. The Hall–Kier alpha value is -1.62. The molecule has 2 N–H and O–H groups in total. The van der Waals surface area contributed by atoms with E-state index in [1.54, 1.807) is 6.92 Å². The van der Waals surface area contributed by atoms with E-state index in [9.17, 15) is 4.79 Å². The number of aromatic nitrogens is 3. The zero-order valence-electron chi connectivity index (χ0n) is 8.91. The molecule has 0 aromatic carbocycles. The molecule has 0 aliphatic heterocycles. The van der Waals surface area contributed by atoms with Gasteiger partial charge in [-0.25, -0.2) is 4.98 Å². The first-order chi connectivity index (χ1) is 7.58. The molecule has 84 valence electrons. The summed E-state index contributed by atoms with van der Waals surface area (Å²) in [6.07, 6.45) is 0. The number of anilines is 1. The van der Waals surface area contributed by atoms with Crippen molar-refractivity contribution in [3.8, 4) is 0 Å². The van der Waals surface area contributed by atoms with E-state index in [4.69, 9.17) is 11.6 Å². The number of pyridine rings is 1. The molecule has 0 spiro atoms. The molecule has 5 nitrogen and oxygen atoms in total. The van der Waals surface area contributed by atoms with Crippen LogP contribution in [0.2, 0.25) is 0 Å². The van der Waals surface area contributed by atoms with Crippen molar-refractivity contribution < 1.29 is 4.79 Å². The number of halogens is 1. The fourth-order valence-electron chi connectivity index (χ4n) is 1.31. The molecule has 2 heterocycles. The lowest BCUT2D eigenvalue weighted by molar-refractivity contribution is -0.115. The molecule has 0 bridgehead atoms. The van der Waals surface area contributed by atoms with Crippen molar-refractivity contribution in [2.75, 3.05) is 5.32 Å². The SMILES string of the molecule is Cc1ccc2c(NC(=O)C(C)Cl)n[nH]c2n1. The molecule has 0 radical (unpaired) electrons. The number of hydrogen-bond acceptors (Lipinski definition) is 3. The Bertz CT molecular complexity index is 535. The molecule has 1 atom stereocenters. The molecule has 2 aromatic heterocycles. The number of hydrogen-bond donors (Lipinski definition) is 2. The summed E-state index contributed by atoms with van der Waals surface area (Å²) in [5.41, 5.74) is 1.54. The van der Waals surface area contributed by atoms with Crippen LogP contribution in [0.15, 0.2) is 12.1 Å². The number of nitrogens with zero attached hydrogens (tertiary/aromatic N) is 2. The molecule has 2 rings (SSSR count). The lowest BCUT2D eigenvalue weighted by Crippen LogP contribution is -2.20. The first kappa shape index (κ1) is 10.9. The maximum absolute atomic E-state index is 11.4. The van der Waals surface area contributed by atoms with Crippen LogP contribution in [0.25, 0.3) is 11.0 Å². The standard InChI is InChI=1S/C10H11ClN4O/c1-5-3-4-7-8(12-5)14-15-9(7)13-10(16)6(2)11/h3-4,6H,1-2H3,(H2,12,13,14,15,16). The van der Waals surface area contributed by atoms with E-state index in [2.05, 4.69) is 20.5 Å². The zero-order valence-corrected chi connectivity index (χ0v) is 9.67. The molecule has 2 aromatic rings. The van der Waals surface area contributed by atoms with Crippen molar-refractivity contribution in [2.45, 2.75) is 19.2 Å². The molecule has 0 saturated carbocycles. The average Bonchev–Trinajstić information content (AvgIpc) is 2.60. The molecular formula is C10H11ClN4O. The molecule has 1 unspecified atom stereocenters. The van der Waals surface area contributed by atoms with Gasteiger partial charge in [0.05, 0.1) is 5.39 Å². The van der Waals surface area contributed by atoms with Crippen LogP contribution < -0.4 is 5.32 Å². The minimum Gasteiger partial charge on any atom is -0.307 e. The summed E-state index contributed by atoms with van der Waals surface area (Å²) in [6.45, 7) is 3.49. The van der Waals surface area contributed by atoms with Crippen LogP contribution in [-0.4, -0.2) is 26.5 Å². The van der Waals surface area contributed by atoms with Gasteiger partial charge in [-0.1, -0.05) is 0 Å². The van der Waals surface area contributed by atoms with Crippen LogP contribution in [-0.2, 0) is 4.79 Å². The third kappa shape index (κ3) is 1.99.